The number of nitrogens with one attached hydrogen (secondary N) is 1. The van der Waals surface area contributed by atoms with Crippen LogP contribution in [-0.2, 0) is 21.6 Å². The molecule has 0 aliphatic rings. The van der Waals surface area contributed by atoms with E-state index in [-0.39, 0.29) is 11.1 Å². The molecule has 0 unspecified atom stereocenters. The molecule has 0 aromatic heterocycles. The summed E-state index contributed by atoms with van der Waals surface area (Å²) in [6, 6.07) is 1.43. The Morgan fingerprint density at radius 2 is 1.81 bits per heavy atom. The fraction of sp³-hybridized carbons (Fsp3) is 0.556. The van der Waals surface area contributed by atoms with Crippen LogP contribution < -0.4 is 4.72 Å². The molecular weight excluding hydrogens is 450 g/mol. The quantitative estimate of drug-likeness (QED) is 0.231. The molecule has 0 bridgehead atoms. The highest BCUT2D eigenvalue weighted by Crippen LogP contribution is 2.48. The van der Waals surface area contributed by atoms with E-state index in [0.717, 1.165) is 26.8 Å². The summed E-state index contributed by atoms with van der Waals surface area (Å²) in [7, 11) is 0. The van der Waals surface area contributed by atoms with Gasteiger partial charge in [-0.1, -0.05) is 6.08 Å². The lowest BCUT2D eigenvalue weighted by Gasteiger charge is -2.45. The predicted molar refractivity (Wildman–Crippen MR) is 103 cm³/mol. The van der Waals surface area contributed by atoms with Gasteiger partial charge in [0, 0.05) is 23.0 Å². The maximum Gasteiger partial charge on any atom is 0.301 e. The highest BCUT2D eigenvalue weighted by molar-refractivity contribution is 9.10. The van der Waals surface area contributed by atoms with Crippen LogP contribution in [0.3, 0.4) is 0 Å². The molecule has 154 valence electrons. The van der Waals surface area contributed by atoms with Gasteiger partial charge in [0.15, 0.2) is 5.54 Å². The van der Waals surface area contributed by atoms with Gasteiger partial charge in [-0.25, -0.2) is 17.6 Å². The molecule has 0 amide bonds. The van der Waals surface area contributed by atoms with Crippen molar-refractivity contribution in [2.24, 2.45) is 0 Å². The lowest BCUT2D eigenvalue weighted by molar-refractivity contribution is -0.224. The van der Waals surface area contributed by atoms with Crippen LogP contribution in [-0.4, -0.2) is 27.9 Å². The van der Waals surface area contributed by atoms with Crippen molar-refractivity contribution in [3.05, 3.63) is 46.5 Å². The van der Waals surface area contributed by atoms with Crippen LogP contribution in [0, 0.1) is 11.6 Å². The van der Waals surface area contributed by atoms with Crippen LogP contribution >= 0.6 is 15.9 Å². The largest absolute Gasteiger partial charge is 0.598 e. The van der Waals surface area contributed by atoms with E-state index in [4.69, 9.17) is 4.74 Å². The second-order valence-electron chi connectivity index (χ2n) is 7.00. The van der Waals surface area contributed by atoms with Gasteiger partial charge in [0.25, 0.3) is 0 Å². The third-order valence-corrected chi connectivity index (χ3v) is 6.30. The minimum atomic E-state index is -3.76. The van der Waals surface area contributed by atoms with Crippen LogP contribution in [0.4, 0.5) is 17.6 Å². The average Bonchev–Trinajstić information content (AvgIpc) is 2.55. The molecule has 0 saturated heterocycles. The van der Waals surface area contributed by atoms with Crippen LogP contribution in [0.1, 0.15) is 40.2 Å². The lowest BCUT2D eigenvalue weighted by Crippen LogP contribution is -2.65. The Bertz CT molecular complexity index is 688. The van der Waals surface area contributed by atoms with Gasteiger partial charge in [-0.05, 0) is 56.6 Å². The molecule has 1 aromatic carbocycles. The molecule has 0 aliphatic carbocycles. The number of rotatable bonds is 9. The van der Waals surface area contributed by atoms with Crippen molar-refractivity contribution in [2.45, 2.75) is 56.9 Å². The fourth-order valence-corrected chi connectivity index (χ4v) is 3.69. The first-order valence-corrected chi connectivity index (χ1v) is 10.2. The molecule has 0 saturated carbocycles. The van der Waals surface area contributed by atoms with Gasteiger partial charge >= 0.3 is 5.92 Å². The van der Waals surface area contributed by atoms with Crippen molar-refractivity contribution in [1.29, 1.82) is 0 Å². The molecule has 2 atom stereocenters. The fourth-order valence-electron chi connectivity index (χ4n) is 2.47. The van der Waals surface area contributed by atoms with Gasteiger partial charge < -0.3 is 9.29 Å². The Morgan fingerprint density at radius 1 is 1.26 bits per heavy atom. The van der Waals surface area contributed by atoms with Gasteiger partial charge in [0.1, 0.15) is 22.5 Å². The zero-order valence-electron chi connectivity index (χ0n) is 15.8. The summed E-state index contributed by atoms with van der Waals surface area (Å²) >= 11 is 0.962. The molecule has 1 aromatic rings. The van der Waals surface area contributed by atoms with Gasteiger partial charge in [-0.3, -0.25) is 0 Å². The summed E-state index contributed by atoms with van der Waals surface area (Å²) in [6.07, 6.45) is 1.31. The van der Waals surface area contributed by atoms with Gasteiger partial charge in [0.2, 0.25) is 0 Å². The zero-order valence-corrected chi connectivity index (χ0v) is 18.2. The third kappa shape index (κ3) is 4.87. The van der Waals surface area contributed by atoms with E-state index in [2.05, 4.69) is 27.2 Å². The van der Waals surface area contributed by atoms with Crippen LogP contribution in [0.25, 0.3) is 0 Å². The minimum absolute atomic E-state index is 0.165. The van der Waals surface area contributed by atoms with Gasteiger partial charge in [0.05, 0.1) is 11.1 Å². The van der Waals surface area contributed by atoms with E-state index in [1.54, 1.807) is 13.8 Å². The SMILES string of the molecule is C=CCOC(C)(C)C(F)(F)[C@](C)(N[S@+]([O-])C(C)C)c1cc(Br)c(F)cc1F. The van der Waals surface area contributed by atoms with Crippen molar-refractivity contribution < 1.29 is 26.9 Å². The Hall–Kier alpha value is -0.610. The first kappa shape index (κ1) is 24.4. The van der Waals surface area contributed by atoms with Crippen molar-refractivity contribution in [1.82, 2.24) is 4.72 Å². The molecule has 0 spiro atoms. The molecule has 3 nitrogen and oxygen atoms in total. The lowest BCUT2D eigenvalue weighted by atomic mass is 9.78. The summed E-state index contributed by atoms with van der Waals surface area (Å²) in [6.45, 7) is 9.71. The molecular formula is C18H24BrF4NO2S. The van der Waals surface area contributed by atoms with Crippen molar-refractivity contribution in [2.75, 3.05) is 6.61 Å². The van der Waals surface area contributed by atoms with E-state index in [1.807, 2.05) is 0 Å². The van der Waals surface area contributed by atoms with E-state index in [9.17, 15) is 13.3 Å². The van der Waals surface area contributed by atoms with Crippen LogP contribution in [0.15, 0.2) is 29.3 Å². The standard InChI is InChI=1S/C18H24BrF4NO2S/c1-7-8-26-16(4,5)18(22,23)17(6,24-27(25)11(2)3)12-9-13(19)15(21)10-14(12)20/h7,9-11,24H,1,8H2,2-6H3/t17-,27-/m1/s1. The minimum Gasteiger partial charge on any atom is -0.598 e. The van der Waals surface area contributed by atoms with E-state index in [0.29, 0.717) is 6.07 Å². The topological polar surface area (TPSA) is 44.3 Å². The summed E-state index contributed by atoms with van der Waals surface area (Å²) < 4.78 is 79.3. The average molecular weight is 474 g/mol. The first-order valence-electron chi connectivity index (χ1n) is 8.17. The Kier molecular flexibility index (Phi) is 7.98. The number of ether oxygens (including phenoxy) is 1. The number of halogens is 5. The zero-order chi connectivity index (χ0) is 21.2. The predicted octanol–water partition coefficient (Wildman–Crippen LogP) is 5.22. The second-order valence-corrected chi connectivity index (χ2v) is 9.60. The normalized spacial score (nSPS) is 16.3. The monoisotopic (exact) mass is 473 g/mol. The Morgan fingerprint density at radius 3 is 2.30 bits per heavy atom. The summed E-state index contributed by atoms with van der Waals surface area (Å²) in [5.41, 5.74) is -5.09. The molecule has 0 heterocycles. The maximum absolute atomic E-state index is 15.7. The smallest absolute Gasteiger partial charge is 0.301 e. The number of benzene rings is 1. The number of hydrogen-bond acceptors (Lipinski definition) is 3. The molecule has 0 fully saturated rings. The summed E-state index contributed by atoms with van der Waals surface area (Å²) in [5, 5.41) is -0.524. The molecule has 0 aliphatic heterocycles. The first-order chi connectivity index (χ1) is 12.2. The van der Waals surface area contributed by atoms with Crippen molar-refractivity contribution in [3.63, 3.8) is 0 Å². The van der Waals surface area contributed by atoms with Crippen molar-refractivity contribution in [3.8, 4) is 0 Å². The third-order valence-electron chi connectivity index (χ3n) is 4.23. The maximum atomic E-state index is 15.7. The van der Waals surface area contributed by atoms with Crippen LogP contribution in [0.2, 0.25) is 0 Å². The van der Waals surface area contributed by atoms with Crippen LogP contribution in [0.5, 0.6) is 0 Å². The highest BCUT2D eigenvalue weighted by Gasteiger charge is 2.64. The van der Waals surface area contributed by atoms with E-state index in [1.165, 1.54) is 6.08 Å². The molecule has 27 heavy (non-hydrogen) atoms. The highest BCUT2D eigenvalue weighted by atomic mass is 79.9. The second kappa shape index (κ2) is 8.82. The number of alkyl halides is 2. The molecule has 1 rings (SSSR count). The Labute approximate surface area is 169 Å². The van der Waals surface area contributed by atoms with Gasteiger partial charge in [-0.2, -0.15) is 0 Å². The van der Waals surface area contributed by atoms with E-state index < -0.39 is 50.9 Å². The molecule has 0 radical (unpaired) electrons. The molecule has 9 heteroatoms. The van der Waals surface area contributed by atoms with Gasteiger partial charge in [-0.15, -0.1) is 11.3 Å². The Balaban J connectivity index is 3.65. The van der Waals surface area contributed by atoms with E-state index >= 15 is 8.78 Å². The molecule has 1 N–H and O–H groups in total. The summed E-state index contributed by atoms with van der Waals surface area (Å²) in [5.74, 6) is -5.88. The van der Waals surface area contributed by atoms with Crippen molar-refractivity contribution >= 4 is 27.3 Å². The number of hydrogen-bond donors (Lipinski definition) is 1. The summed E-state index contributed by atoms with van der Waals surface area (Å²) in [4.78, 5) is 0.